The van der Waals surface area contributed by atoms with E-state index in [1.807, 2.05) is 32.2 Å². The van der Waals surface area contributed by atoms with E-state index in [2.05, 4.69) is 62.5 Å². The first-order chi connectivity index (χ1) is 26.8. The van der Waals surface area contributed by atoms with Crippen molar-refractivity contribution in [1.29, 1.82) is 0 Å². The molecule has 2 aromatic carbocycles. The van der Waals surface area contributed by atoms with Crippen LogP contribution in [0.1, 0.15) is 81.3 Å². The predicted octanol–water partition coefficient (Wildman–Crippen LogP) is 5.98. The van der Waals surface area contributed by atoms with Crippen LogP contribution in [0.15, 0.2) is 48.6 Å². The zero-order chi connectivity index (χ0) is 39.4. The van der Waals surface area contributed by atoms with Crippen LogP contribution in [0.25, 0.3) is 0 Å². The van der Waals surface area contributed by atoms with Gasteiger partial charge in [0.05, 0.1) is 17.5 Å². The van der Waals surface area contributed by atoms with E-state index in [0.29, 0.717) is 36.6 Å². The molecule has 6 aliphatic rings. The number of carbonyl (C=O) groups is 1. The monoisotopic (exact) mass is 807 g/mol. The van der Waals surface area contributed by atoms with Gasteiger partial charge >= 0.3 is 0 Å². The van der Waals surface area contributed by atoms with Crippen LogP contribution in [0.5, 0.6) is 5.75 Å². The molecule has 56 heavy (non-hydrogen) atoms. The summed E-state index contributed by atoms with van der Waals surface area (Å²) in [5, 5.41) is -0.0255. The van der Waals surface area contributed by atoms with E-state index in [-0.39, 0.29) is 17.3 Å². The lowest BCUT2D eigenvalue weighted by molar-refractivity contribution is -0.102. The average molecular weight is 809 g/mol. The van der Waals surface area contributed by atoms with E-state index in [1.54, 1.807) is 13.0 Å². The second kappa shape index (κ2) is 15.8. The van der Waals surface area contributed by atoms with E-state index in [4.69, 9.17) is 21.1 Å². The van der Waals surface area contributed by atoms with E-state index in [1.165, 1.54) is 11.1 Å². The number of piperazine rings is 2. The minimum Gasteiger partial charge on any atom is -0.490 e. The van der Waals surface area contributed by atoms with Gasteiger partial charge in [-0.1, -0.05) is 36.7 Å². The Hall–Kier alpha value is -2.67. The summed E-state index contributed by atoms with van der Waals surface area (Å²) in [6.45, 7) is 17.5. The van der Waals surface area contributed by atoms with Gasteiger partial charge in [0.25, 0.3) is 5.91 Å². The topological polar surface area (TPSA) is 94.7 Å². The molecule has 2 aliphatic carbocycles. The zero-order valence-electron chi connectivity index (χ0n) is 34.0. The van der Waals surface area contributed by atoms with Crippen LogP contribution < -0.4 is 14.4 Å². The van der Waals surface area contributed by atoms with Gasteiger partial charge in [-0.3, -0.25) is 19.5 Å². The molecular formula is C44H62ClN5O5S. The van der Waals surface area contributed by atoms with Crippen molar-refractivity contribution in [1.82, 2.24) is 19.4 Å². The summed E-state index contributed by atoms with van der Waals surface area (Å²) in [5.74, 6) is 0.493. The minimum absolute atomic E-state index is 0.218. The molecule has 4 aliphatic heterocycles. The number of fused-ring (bicyclic) bond motifs is 5. The highest BCUT2D eigenvalue weighted by atomic mass is 35.5. The maximum Gasteiger partial charge on any atom is 0.264 e. The van der Waals surface area contributed by atoms with Gasteiger partial charge in [0.15, 0.2) is 0 Å². The Kier molecular flexibility index (Phi) is 11.3. The molecule has 1 N–H and O–H groups in total. The van der Waals surface area contributed by atoms with Crippen LogP contribution in [-0.4, -0.2) is 125 Å². The molecule has 3 fully saturated rings. The third kappa shape index (κ3) is 7.65. The molecule has 0 aromatic heterocycles. The van der Waals surface area contributed by atoms with E-state index in [0.717, 1.165) is 107 Å². The molecule has 1 saturated carbocycles. The number of nitrogens with one attached hydrogen (secondary N) is 1. The quantitative estimate of drug-likeness (QED) is 0.375. The number of nitrogens with zero attached hydrogens (tertiary/aromatic N) is 4. The summed E-state index contributed by atoms with van der Waals surface area (Å²) in [5.41, 5.74) is 2.92. The van der Waals surface area contributed by atoms with Crippen molar-refractivity contribution in [3.8, 4) is 5.75 Å². The SMILES string of the molecule is CO[C@@]1(CN2CCN3CCN(C(C)C)C[C@H]3C2)/C=C/C[C@H](C)[C@@H](C)S(=O)(=O)NC(=O)c2ccc3c(c2)N(C[C@@H]2CC[C@H]21)C[C@@]1(CCCc2cc(Cl)ccc21)CO3. The predicted molar refractivity (Wildman–Crippen MR) is 223 cm³/mol. The van der Waals surface area contributed by atoms with Gasteiger partial charge in [-0.05, 0) is 119 Å². The number of hydrogen-bond acceptors (Lipinski definition) is 9. The molecule has 2 saturated heterocycles. The fourth-order valence-electron chi connectivity index (χ4n) is 10.8. The normalized spacial score (nSPS) is 34.7. The molecule has 2 bridgehead atoms. The Bertz CT molecular complexity index is 1930. The largest absolute Gasteiger partial charge is 0.490 e. The van der Waals surface area contributed by atoms with Crippen LogP contribution >= 0.6 is 11.6 Å². The molecular weight excluding hydrogens is 746 g/mol. The highest BCUT2D eigenvalue weighted by Gasteiger charge is 2.50. The van der Waals surface area contributed by atoms with Crippen molar-refractivity contribution in [2.24, 2.45) is 17.8 Å². The van der Waals surface area contributed by atoms with Crippen LogP contribution in [0.2, 0.25) is 5.02 Å². The fraction of sp³-hybridized carbons (Fsp3) is 0.659. The highest BCUT2D eigenvalue weighted by molar-refractivity contribution is 7.90. The molecule has 0 radical (unpaired) electrons. The van der Waals surface area contributed by atoms with Crippen LogP contribution in [0.4, 0.5) is 5.69 Å². The van der Waals surface area contributed by atoms with E-state index < -0.39 is 26.8 Å². The van der Waals surface area contributed by atoms with Crippen LogP contribution in [-0.2, 0) is 26.6 Å². The van der Waals surface area contributed by atoms with Crippen molar-refractivity contribution in [3.63, 3.8) is 0 Å². The molecule has 8 rings (SSSR count). The first kappa shape index (κ1) is 40.1. The standard InChI is InChI=1S/C44H62ClN5O5S/c1-30(2)49-21-20-48-19-18-47(25-37(48)26-49)28-44(54-5)17-6-8-31(3)32(4)56(52,53)46-42(51)34-11-15-41-40(23-34)50(24-35-10-13-39(35)44)27-43(29-55-41)16-7-9-33-22-36(45)12-14-38(33)43/h6,11-12,14-15,17,22-23,30-32,35,37,39H,7-10,13,16,18-21,24-29H2,1-5H3,(H,46,51)/b17-6+/t31-,32+,35-,37+,39+,43-,44+/m0/s1. The molecule has 2 aromatic rings. The van der Waals surface area contributed by atoms with Gasteiger partial charge in [-0.25, -0.2) is 13.1 Å². The first-order valence-corrected chi connectivity index (χ1v) is 23.0. The number of rotatable bonds is 4. The molecule has 4 heterocycles. The number of anilines is 1. The molecule has 306 valence electrons. The number of aryl methyl sites for hydroxylation is 1. The van der Waals surface area contributed by atoms with Gasteiger partial charge in [-0.2, -0.15) is 0 Å². The fourth-order valence-corrected chi connectivity index (χ4v) is 12.3. The number of hydrogen-bond donors (Lipinski definition) is 1. The molecule has 7 atom stereocenters. The summed E-state index contributed by atoms with van der Waals surface area (Å²) in [4.78, 5) is 24.1. The van der Waals surface area contributed by atoms with Crippen LogP contribution in [0, 0.1) is 17.8 Å². The number of allylic oxidation sites excluding steroid dienone is 1. The summed E-state index contributed by atoms with van der Waals surface area (Å²) >= 11 is 6.53. The third-order valence-electron chi connectivity index (χ3n) is 14.6. The number of sulfonamides is 1. The maximum atomic E-state index is 13.7. The van der Waals surface area contributed by atoms with E-state index >= 15 is 0 Å². The smallest absolute Gasteiger partial charge is 0.264 e. The lowest BCUT2D eigenvalue weighted by Crippen LogP contribution is -2.65. The Morgan fingerprint density at radius 2 is 1.86 bits per heavy atom. The van der Waals surface area contributed by atoms with Crippen molar-refractivity contribution in [3.05, 3.63) is 70.3 Å². The summed E-state index contributed by atoms with van der Waals surface area (Å²) in [6.07, 6.45) is 10.2. The van der Waals surface area contributed by atoms with Gasteiger partial charge < -0.3 is 14.4 Å². The number of carbonyl (C=O) groups excluding carboxylic acids is 1. The summed E-state index contributed by atoms with van der Waals surface area (Å²) in [7, 11) is -2.08. The second-order valence-corrected chi connectivity index (χ2v) is 20.7. The highest BCUT2D eigenvalue weighted by Crippen LogP contribution is 2.49. The third-order valence-corrected chi connectivity index (χ3v) is 16.8. The molecule has 0 unspecified atom stereocenters. The Labute approximate surface area is 339 Å². The maximum absolute atomic E-state index is 13.7. The number of methoxy groups -OCH3 is 1. The van der Waals surface area contributed by atoms with E-state index in [9.17, 15) is 13.2 Å². The molecule has 1 amide bonds. The summed E-state index contributed by atoms with van der Waals surface area (Å²) < 4.78 is 43.4. The summed E-state index contributed by atoms with van der Waals surface area (Å²) in [6, 6.07) is 12.7. The number of halogens is 1. The molecule has 1 spiro atoms. The van der Waals surface area contributed by atoms with Crippen LogP contribution in [0.3, 0.4) is 0 Å². The van der Waals surface area contributed by atoms with Crippen molar-refractivity contribution in [2.45, 2.75) is 94.6 Å². The zero-order valence-corrected chi connectivity index (χ0v) is 35.6. The van der Waals surface area contributed by atoms with Gasteiger partial charge in [-0.15, -0.1) is 0 Å². The minimum atomic E-state index is -3.96. The van der Waals surface area contributed by atoms with Crippen molar-refractivity contribution in [2.75, 3.05) is 77.5 Å². The first-order valence-electron chi connectivity index (χ1n) is 21.1. The Morgan fingerprint density at radius 3 is 2.62 bits per heavy atom. The molecule has 10 nitrogen and oxygen atoms in total. The second-order valence-electron chi connectivity index (χ2n) is 18.2. The number of ether oxygens (including phenoxy) is 2. The average Bonchev–Trinajstić information content (AvgIpc) is 3.31. The lowest BCUT2D eigenvalue weighted by atomic mass is 9.63. The Balaban J connectivity index is 1.17. The van der Waals surface area contributed by atoms with Crippen molar-refractivity contribution < 1.29 is 22.7 Å². The number of benzene rings is 2. The van der Waals surface area contributed by atoms with Gasteiger partial charge in [0, 0.05) is 94.1 Å². The van der Waals surface area contributed by atoms with Gasteiger partial charge in [0.1, 0.15) is 11.4 Å². The Morgan fingerprint density at radius 1 is 1.04 bits per heavy atom. The number of amides is 1. The molecule has 12 heteroatoms. The van der Waals surface area contributed by atoms with Crippen molar-refractivity contribution >= 4 is 33.2 Å². The lowest BCUT2D eigenvalue weighted by Gasteiger charge is -2.54. The van der Waals surface area contributed by atoms with Gasteiger partial charge in [0.2, 0.25) is 10.0 Å².